The van der Waals surface area contributed by atoms with Crippen molar-refractivity contribution >= 4 is 11.6 Å². The van der Waals surface area contributed by atoms with Crippen LogP contribution in [0.25, 0.3) is 0 Å². The van der Waals surface area contributed by atoms with Crippen LogP contribution in [0.4, 0.5) is 11.6 Å². The van der Waals surface area contributed by atoms with E-state index >= 15 is 0 Å². The lowest BCUT2D eigenvalue weighted by atomic mass is 9.88. The van der Waals surface area contributed by atoms with Crippen molar-refractivity contribution in [1.29, 1.82) is 0 Å². The van der Waals surface area contributed by atoms with Crippen LogP contribution in [0.2, 0.25) is 0 Å². The maximum atomic E-state index is 5.71. The maximum absolute atomic E-state index is 5.71. The fourth-order valence-electron chi connectivity index (χ4n) is 3.73. The van der Waals surface area contributed by atoms with Crippen LogP contribution in [0, 0.1) is 5.92 Å². The highest BCUT2D eigenvalue weighted by Gasteiger charge is 2.23. The van der Waals surface area contributed by atoms with Crippen LogP contribution in [0.15, 0.2) is 12.4 Å². The molecule has 1 saturated carbocycles. The zero-order valence-corrected chi connectivity index (χ0v) is 12.8. The normalized spacial score (nSPS) is 24.9. The summed E-state index contributed by atoms with van der Waals surface area (Å²) in [4.78, 5) is 10.8. The van der Waals surface area contributed by atoms with Crippen LogP contribution < -0.4 is 11.1 Å². The number of piperidine rings is 1. The molecule has 5 heteroatoms. The smallest absolute Gasteiger partial charge is 0.131 e. The summed E-state index contributed by atoms with van der Waals surface area (Å²) >= 11 is 0. The quantitative estimate of drug-likeness (QED) is 0.891. The SMILES string of the molecule is Nc1cc(N[C@H]2CCCN(CC3CCCCC3)C2)ncn1. The third-order valence-electron chi connectivity index (χ3n) is 4.79. The Hall–Kier alpha value is -1.36. The van der Waals surface area contributed by atoms with Crippen LogP contribution in [0.5, 0.6) is 0 Å². The molecule has 3 N–H and O–H groups in total. The third kappa shape index (κ3) is 4.30. The lowest BCUT2D eigenvalue weighted by molar-refractivity contribution is 0.166. The standard InChI is InChI=1S/C16H27N5/c17-15-9-16(19-12-18-15)20-14-7-4-8-21(11-14)10-13-5-2-1-3-6-13/h9,12-14H,1-8,10-11H2,(H3,17,18,19,20)/t14-/m0/s1. The molecular formula is C16H27N5. The van der Waals surface area contributed by atoms with Gasteiger partial charge in [-0.15, -0.1) is 0 Å². The summed E-state index contributed by atoms with van der Waals surface area (Å²) in [5, 5.41) is 3.52. The van der Waals surface area contributed by atoms with Crippen molar-refractivity contribution in [1.82, 2.24) is 14.9 Å². The molecule has 0 amide bonds. The van der Waals surface area contributed by atoms with Gasteiger partial charge in [-0.05, 0) is 38.1 Å². The lowest BCUT2D eigenvalue weighted by Crippen LogP contribution is -2.44. The van der Waals surface area contributed by atoms with Gasteiger partial charge in [0.2, 0.25) is 0 Å². The highest BCUT2D eigenvalue weighted by Crippen LogP contribution is 2.26. The van der Waals surface area contributed by atoms with Crippen molar-refractivity contribution in [3.05, 3.63) is 12.4 Å². The Balaban J connectivity index is 1.50. The van der Waals surface area contributed by atoms with Crippen LogP contribution in [0.3, 0.4) is 0 Å². The third-order valence-corrected chi connectivity index (χ3v) is 4.79. The first kappa shape index (κ1) is 14.6. The lowest BCUT2D eigenvalue weighted by Gasteiger charge is -2.36. The van der Waals surface area contributed by atoms with E-state index in [-0.39, 0.29) is 0 Å². The van der Waals surface area contributed by atoms with E-state index in [1.54, 1.807) is 0 Å². The fourth-order valence-corrected chi connectivity index (χ4v) is 3.73. The van der Waals surface area contributed by atoms with Crippen LogP contribution in [-0.2, 0) is 0 Å². The molecule has 0 radical (unpaired) electrons. The Kier molecular flexibility index (Phi) is 4.91. The Bertz CT molecular complexity index is 444. The topological polar surface area (TPSA) is 67.1 Å². The zero-order valence-electron chi connectivity index (χ0n) is 12.8. The van der Waals surface area contributed by atoms with E-state index in [4.69, 9.17) is 5.73 Å². The van der Waals surface area contributed by atoms with Crippen molar-refractivity contribution in [2.45, 2.75) is 51.0 Å². The molecule has 2 fully saturated rings. The van der Waals surface area contributed by atoms with E-state index in [0.717, 1.165) is 18.3 Å². The summed E-state index contributed by atoms with van der Waals surface area (Å²) in [5.41, 5.74) is 5.71. The number of anilines is 2. The monoisotopic (exact) mass is 289 g/mol. The van der Waals surface area contributed by atoms with Gasteiger partial charge in [0.15, 0.2) is 0 Å². The number of aromatic nitrogens is 2. The number of nitrogen functional groups attached to an aromatic ring is 1. The molecule has 2 aliphatic rings. The van der Waals surface area contributed by atoms with E-state index < -0.39 is 0 Å². The molecular weight excluding hydrogens is 262 g/mol. The van der Waals surface area contributed by atoms with Crippen molar-refractivity contribution in [2.24, 2.45) is 5.92 Å². The fraction of sp³-hybridized carbons (Fsp3) is 0.750. The molecule has 0 aromatic carbocycles. The van der Waals surface area contributed by atoms with Gasteiger partial charge in [0, 0.05) is 25.2 Å². The van der Waals surface area contributed by atoms with Gasteiger partial charge in [-0.1, -0.05) is 19.3 Å². The number of hydrogen-bond acceptors (Lipinski definition) is 5. The molecule has 116 valence electrons. The number of hydrogen-bond donors (Lipinski definition) is 2. The number of nitrogens with zero attached hydrogens (tertiary/aromatic N) is 3. The molecule has 0 unspecified atom stereocenters. The first-order valence-electron chi connectivity index (χ1n) is 8.36. The van der Waals surface area contributed by atoms with Gasteiger partial charge in [0.05, 0.1) is 0 Å². The summed E-state index contributed by atoms with van der Waals surface area (Å²) < 4.78 is 0. The van der Waals surface area contributed by atoms with E-state index in [9.17, 15) is 0 Å². The highest BCUT2D eigenvalue weighted by molar-refractivity contribution is 5.44. The molecule has 1 saturated heterocycles. The molecule has 1 atom stereocenters. The number of nitrogens with one attached hydrogen (secondary N) is 1. The van der Waals surface area contributed by atoms with Crippen molar-refractivity contribution in [2.75, 3.05) is 30.7 Å². The van der Waals surface area contributed by atoms with Crippen molar-refractivity contribution in [3.8, 4) is 0 Å². The second-order valence-corrected chi connectivity index (χ2v) is 6.58. The number of nitrogens with two attached hydrogens (primary N) is 1. The molecule has 1 aromatic rings. The summed E-state index contributed by atoms with van der Waals surface area (Å²) in [6.07, 6.45) is 11.2. The summed E-state index contributed by atoms with van der Waals surface area (Å²) in [6.45, 7) is 3.66. The van der Waals surface area contributed by atoms with Crippen LogP contribution >= 0.6 is 0 Å². The number of rotatable bonds is 4. The maximum Gasteiger partial charge on any atom is 0.131 e. The van der Waals surface area contributed by atoms with E-state index in [1.165, 1.54) is 64.4 Å². The molecule has 1 aliphatic heterocycles. The van der Waals surface area contributed by atoms with E-state index in [1.807, 2.05) is 6.07 Å². The Morgan fingerprint density at radius 3 is 2.81 bits per heavy atom. The Morgan fingerprint density at radius 2 is 2.00 bits per heavy atom. The second kappa shape index (κ2) is 7.07. The average molecular weight is 289 g/mol. The molecule has 0 bridgehead atoms. The molecule has 3 rings (SSSR count). The second-order valence-electron chi connectivity index (χ2n) is 6.58. The van der Waals surface area contributed by atoms with Gasteiger partial charge in [-0.3, -0.25) is 0 Å². The molecule has 2 heterocycles. The average Bonchev–Trinajstić information content (AvgIpc) is 2.49. The summed E-state index contributed by atoms with van der Waals surface area (Å²) in [5.74, 6) is 2.31. The largest absolute Gasteiger partial charge is 0.384 e. The molecule has 21 heavy (non-hydrogen) atoms. The summed E-state index contributed by atoms with van der Waals surface area (Å²) in [6, 6.07) is 2.30. The molecule has 5 nitrogen and oxygen atoms in total. The van der Waals surface area contributed by atoms with Crippen LogP contribution in [0.1, 0.15) is 44.9 Å². The predicted octanol–water partition coefficient (Wildman–Crippen LogP) is 2.52. The Labute approximate surface area is 127 Å². The van der Waals surface area contributed by atoms with Crippen molar-refractivity contribution < 1.29 is 0 Å². The predicted molar refractivity (Wildman–Crippen MR) is 86.1 cm³/mol. The molecule has 0 spiro atoms. The zero-order chi connectivity index (χ0) is 14.5. The Morgan fingerprint density at radius 1 is 1.14 bits per heavy atom. The minimum atomic E-state index is 0.483. The van der Waals surface area contributed by atoms with Gasteiger partial charge < -0.3 is 16.0 Å². The van der Waals surface area contributed by atoms with Gasteiger partial charge in [0.1, 0.15) is 18.0 Å². The summed E-state index contributed by atoms with van der Waals surface area (Å²) in [7, 11) is 0. The van der Waals surface area contributed by atoms with Gasteiger partial charge in [-0.2, -0.15) is 0 Å². The van der Waals surface area contributed by atoms with E-state index in [2.05, 4.69) is 20.2 Å². The minimum absolute atomic E-state index is 0.483. The number of likely N-dealkylation sites (tertiary alicyclic amines) is 1. The highest BCUT2D eigenvalue weighted by atomic mass is 15.2. The van der Waals surface area contributed by atoms with Gasteiger partial charge in [-0.25, -0.2) is 9.97 Å². The van der Waals surface area contributed by atoms with E-state index in [0.29, 0.717) is 11.9 Å². The van der Waals surface area contributed by atoms with Gasteiger partial charge in [0.25, 0.3) is 0 Å². The first-order chi connectivity index (χ1) is 10.3. The minimum Gasteiger partial charge on any atom is -0.384 e. The van der Waals surface area contributed by atoms with Crippen molar-refractivity contribution in [3.63, 3.8) is 0 Å². The molecule has 1 aromatic heterocycles. The first-order valence-corrected chi connectivity index (χ1v) is 8.36. The van der Waals surface area contributed by atoms with Gasteiger partial charge >= 0.3 is 0 Å². The van der Waals surface area contributed by atoms with Crippen LogP contribution in [-0.4, -0.2) is 40.5 Å². The molecule has 1 aliphatic carbocycles.